The summed E-state index contributed by atoms with van der Waals surface area (Å²) in [6, 6.07) is 1.94. The van der Waals surface area contributed by atoms with Crippen LogP contribution >= 0.6 is 0 Å². The zero-order valence-corrected chi connectivity index (χ0v) is 52.3. The van der Waals surface area contributed by atoms with E-state index in [2.05, 4.69) is 77.8 Å². The fourth-order valence-electron chi connectivity index (χ4n) is 11.7. The van der Waals surface area contributed by atoms with Crippen LogP contribution in [0.1, 0.15) is 93.1 Å². The molecule has 6 heterocycles. The summed E-state index contributed by atoms with van der Waals surface area (Å²) in [5.74, 6) is -9.91. The molecule has 20 N–H and O–H groups in total. The molecule has 0 spiro atoms. The number of unbranched alkanes of at least 4 members (excludes halogenated alkanes) is 2. The number of H-pyrrole nitrogens is 4. The first-order valence-corrected chi connectivity index (χ1v) is 31.7. The van der Waals surface area contributed by atoms with Crippen molar-refractivity contribution in [3.63, 3.8) is 0 Å². The molecule has 0 aliphatic carbocycles. The van der Waals surface area contributed by atoms with Crippen molar-refractivity contribution in [3.8, 4) is 0 Å². The van der Waals surface area contributed by atoms with Gasteiger partial charge in [-0.05, 0) is 94.1 Å². The lowest BCUT2D eigenvalue weighted by Gasteiger charge is -2.30. The summed E-state index contributed by atoms with van der Waals surface area (Å²) in [4.78, 5) is 188. The van der Waals surface area contributed by atoms with Gasteiger partial charge in [0.1, 0.15) is 54.4 Å². The normalized spacial score (nSPS) is 16.7. The summed E-state index contributed by atoms with van der Waals surface area (Å²) in [6.45, 7) is 0.414. The monoisotopic (exact) mass is 1310 g/mol. The topological polar surface area (TPSA) is 504 Å². The second-order valence-electron chi connectivity index (χ2n) is 23.6. The van der Waals surface area contributed by atoms with Gasteiger partial charge >= 0.3 is 5.97 Å². The number of ketones is 1. The number of nitrogens with two attached hydrogens (primary N) is 3. The molecule has 10 amide bonds. The molecule has 2 fully saturated rings. The van der Waals surface area contributed by atoms with Crippen LogP contribution in [0.2, 0.25) is 0 Å². The number of likely N-dealkylation sites (tertiary alicyclic amines) is 1. The number of nitrogens with one attached hydrogen (secondary N) is 13. The molecular weight excluding hydrogens is 1230 g/mol. The van der Waals surface area contributed by atoms with Gasteiger partial charge in [-0.15, -0.1) is 0 Å². The van der Waals surface area contributed by atoms with Gasteiger partial charge in [0.2, 0.25) is 59.1 Å². The van der Waals surface area contributed by atoms with E-state index >= 15 is 0 Å². The molecule has 0 bridgehead atoms. The fraction of sp³-hybridized carbons (Fsp3) is 0.460. The van der Waals surface area contributed by atoms with Crippen molar-refractivity contribution < 1.29 is 62.6 Å². The Balaban J connectivity index is 1.05. The van der Waals surface area contributed by atoms with Gasteiger partial charge in [-0.2, -0.15) is 0 Å². The highest BCUT2D eigenvalue weighted by atomic mass is 16.4. The molecule has 0 saturated carbocycles. The van der Waals surface area contributed by atoms with E-state index in [1.54, 1.807) is 42.7 Å². The number of hydrogen-bond donors (Lipinski definition) is 17. The number of primary amides is 1. The maximum absolute atomic E-state index is 15.0. The third-order valence-electron chi connectivity index (χ3n) is 16.7. The van der Waals surface area contributed by atoms with Gasteiger partial charge in [-0.25, -0.2) is 9.97 Å². The van der Waals surface area contributed by atoms with E-state index in [4.69, 9.17) is 17.2 Å². The van der Waals surface area contributed by atoms with Crippen molar-refractivity contribution in [1.82, 2.24) is 82.7 Å². The Bertz CT molecular complexity index is 3660. The number of carbonyl (C=O) groups is 12. The summed E-state index contributed by atoms with van der Waals surface area (Å²) < 4.78 is 0. The lowest BCUT2D eigenvalue weighted by Crippen LogP contribution is -2.61. The Hall–Kier alpha value is -10.3. The Kier molecular flexibility index (Phi) is 25.6. The van der Waals surface area contributed by atoms with Crippen LogP contribution in [0.4, 0.5) is 0 Å². The summed E-state index contributed by atoms with van der Waals surface area (Å²) >= 11 is 0. The molecule has 32 nitrogen and oxygen atoms in total. The first kappa shape index (κ1) is 70.5. The number of carboxylic acids is 1. The second-order valence-corrected chi connectivity index (χ2v) is 23.6. The SMILES string of the molecule is NCCCC[C@H](NC(=O)[C@H](Cc1c[nH]c2ccccc12)NC(=O)[C@H](Cc1cnc[nH]1)NC(=O)[C@@H]1NCCC1=O)C(=O)N[C@@H](Cc1cnc[nH]1)C(=O)N[C@@H](CCC(=O)O)C(=O)N[C@@H](Cc1c[nH]c2ccccc12)C(=O)N[C@@H](CCCCN)C(=O)N1CCC[C@@H]1C(=O)NCC(N)=O. The third-order valence-corrected chi connectivity index (χ3v) is 16.7. The molecule has 0 radical (unpaired) electrons. The molecular formula is C63H83N19O13. The number of para-hydroxylation sites is 2. The summed E-state index contributed by atoms with van der Waals surface area (Å²) in [7, 11) is 0. The van der Waals surface area contributed by atoms with Gasteiger partial charge in [0.25, 0.3) is 0 Å². The molecule has 6 aromatic rings. The number of hydrogen-bond acceptors (Lipinski definition) is 17. The molecule has 2 saturated heterocycles. The van der Waals surface area contributed by atoms with E-state index in [-0.39, 0.29) is 89.7 Å². The van der Waals surface area contributed by atoms with Crippen LogP contribution in [0.15, 0.2) is 86.0 Å². The molecule has 2 aromatic carbocycles. The number of fused-ring (bicyclic) bond motifs is 2. The third kappa shape index (κ3) is 19.8. The minimum atomic E-state index is -1.70. The molecule has 9 atom stereocenters. The van der Waals surface area contributed by atoms with Gasteiger partial charge in [0.05, 0.1) is 19.2 Å². The number of rotatable bonds is 37. The summed E-state index contributed by atoms with van der Waals surface area (Å²) in [5, 5.41) is 35.7. The van der Waals surface area contributed by atoms with Crippen LogP contribution in [-0.2, 0) is 83.2 Å². The fourth-order valence-corrected chi connectivity index (χ4v) is 11.7. The average molecular weight is 1310 g/mol. The van der Waals surface area contributed by atoms with Gasteiger partial charge in [-0.1, -0.05) is 36.4 Å². The predicted molar refractivity (Wildman–Crippen MR) is 343 cm³/mol. The van der Waals surface area contributed by atoms with E-state index in [0.717, 1.165) is 10.9 Å². The Morgan fingerprint density at radius 1 is 0.568 bits per heavy atom. The van der Waals surface area contributed by atoms with E-state index in [1.807, 2.05) is 18.2 Å². The molecule has 508 valence electrons. The lowest BCUT2D eigenvalue weighted by atomic mass is 10.0. The second kappa shape index (κ2) is 34.5. The predicted octanol–water partition coefficient (Wildman–Crippen LogP) is -2.59. The number of carboxylic acid groups (broad SMARTS) is 1. The van der Waals surface area contributed by atoms with Crippen LogP contribution in [-0.4, -0.2) is 198 Å². The Morgan fingerprint density at radius 2 is 1.03 bits per heavy atom. The molecule has 32 heteroatoms. The molecule has 8 rings (SSSR count). The van der Waals surface area contributed by atoms with E-state index in [1.165, 1.54) is 29.9 Å². The minimum absolute atomic E-state index is 0.0459. The van der Waals surface area contributed by atoms with Crippen LogP contribution < -0.4 is 65.1 Å². The first-order chi connectivity index (χ1) is 45.8. The molecule has 2 aliphatic rings. The smallest absolute Gasteiger partial charge is 0.303 e. The van der Waals surface area contributed by atoms with Crippen LogP contribution in [0.5, 0.6) is 0 Å². The number of aromatic amines is 4. The van der Waals surface area contributed by atoms with Gasteiger partial charge in [-0.3, -0.25) is 62.9 Å². The maximum atomic E-state index is 15.0. The van der Waals surface area contributed by atoms with Crippen LogP contribution in [0.25, 0.3) is 21.8 Å². The van der Waals surface area contributed by atoms with E-state index in [0.29, 0.717) is 59.1 Å². The van der Waals surface area contributed by atoms with Gasteiger partial charge in [0, 0.05) is 110 Å². The lowest BCUT2D eigenvalue weighted by molar-refractivity contribution is -0.142. The average Bonchev–Trinajstić information content (AvgIpc) is 1.78. The number of amides is 10. The first-order valence-electron chi connectivity index (χ1n) is 31.7. The van der Waals surface area contributed by atoms with Gasteiger partial charge < -0.3 is 89.7 Å². The molecule has 2 aliphatic heterocycles. The standard InChI is InChI=1S/C63H83N19O13/c64-20-7-5-14-43(75-57(89)46(24-35-28-70-41-12-3-1-10-39(35)41)79-60(92)49(27-38-31-68-34-74-38)81-62(94)54-51(83)19-22-69-54)55(87)80-48(26-37-30-67-33-73-37)59(91)76-44(17-18-53(85)86)56(88)78-47(25-36-29-71-42-13-4-2-11-40(36)42)58(90)77-45(15-6-8-21-65)63(95)82-23-9-16-50(82)61(93)72-32-52(66)84/h1-4,10-13,28-31,33-34,43-50,54,69-71H,5-9,14-27,32,64-65H2,(H2,66,84)(H,67,73)(H,68,74)(H,72,93)(H,75,89)(H,76,91)(H,77,90)(H,78,88)(H,79,92)(H,80,87)(H,81,94)(H,85,86)/t43-,44-,45-,46-,47-,48-,49-,50+,54+/m0/s1. The number of Topliss-reactive ketones (excluding diaryl/α,β-unsaturated/α-hetero) is 1. The molecule has 0 unspecified atom stereocenters. The van der Waals surface area contributed by atoms with E-state index in [9.17, 15) is 62.6 Å². The zero-order valence-electron chi connectivity index (χ0n) is 52.3. The Labute approximate surface area is 545 Å². The van der Waals surface area contributed by atoms with Crippen molar-refractivity contribution in [2.24, 2.45) is 17.2 Å². The van der Waals surface area contributed by atoms with Crippen molar-refractivity contribution in [2.75, 3.05) is 32.7 Å². The highest BCUT2D eigenvalue weighted by Gasteiger charge is 2.40. The molecule has 95 heavy (non-hydrogen) atoms. The highest BCUT2D eigenvalue weighted by molar-refractivity contribution is 6.08. The maximum Gasteiger partial charge on any atom is 0.303 e. The highest BCUT2D eigenvalue weighted by Crippen LogP contribution is 2.24. The van der Waals surface area contributed by atoms with Gasteiger partial charge in [0.15, 0.2) is 5.78 Å². The van der Waals surface area contributed by atoms with E-state index < -0.39 is 139 Å². The van der Waals surface area contributed by atoms with Crippen LogP contribution in [0.3, 0.4) is 0 Å². The number of imidazole rings is 2. The Morgan fingerprint density at radius 3 is 1.51 bits per heavy atom. The van der Waals surface area contributed by atoms with Crippen molar-refractivity contribution in [3.05, 3.63) is 108 Å². The van der Waals surface area contributed by atoms with Crippen molar-refractivity contribution >= 4 is 92.6 Å². The number of nitrogens with zero attached hydrogens (tertiary/aromatic N) is 3. The number of aromatic nitrogens is 6. The minimum Gasteiger partial charge on any atom is -0.481 e. The quantitative estimate of drug-likeness (QED) is 0.0141. The van der Waals surface area contributed by atoms with Crippen LogP contribution in [0, 0.1) is 0 Å². The van der Waals surface area contributed by atoms with Crippen molar-refractivity contribution in [1.29, 1.82) is 0 Å². The number of aliphatic carboxylic acids is 1. The number of carbonyl (C=O) groups excluding carboxylic acids is 11. The molecule has 4 aromatic heterocycles. The number of benzene rings is 2. The van der Waals surface area contributed by atoms with Crippen molar-refractivity contribution in [2.45, 2.75) is 151 Å². The summed E-state index contributed by atoms with van der Waals surface area (Å²) in [5.41, 5.74) is 20.3. The largest absolute Gasteiger partial charge is 0.481 e. The summed E-state index contributed by atoms with van der Waals surface area (Å²) in [6.07, 6.45) is 9.20. The zero-order chi connectivity index (χ0) is 68.0.